The Morgan fingerprint density at radius 2 is 1.90 bits per heavy atom. The van der Waals surface area contributed by atoms with E-state index in [9.17, 15) is 22.8 Å². The smallest absolute Gasteiger partial charge is 0.416 e. The maximum Gasteiger partial charge on any atom is 0.416 e. The second kappa shape index (κ2) is 6.92. The molecule has 114 valence electrons. The first-order valence-corrected chi connectivity index (χ1v) is 5.96. The van der Waals surface area contributed by atoms with Gasteiger partial charge < -0.3 is 10.1 Å². The van der Waals surface area contributed by atoms with Gasteiger partial charge >= 0.3 is 12.1 Å². The van der Waals surface area contributed by atoms with E-state index < -0.39 is 29.7 Å². The number of amides is 1. The van der Waals surface area contributed by atoms with E-state index in [0.29, 0.717) is 0 Å². The van der Waals surface area contributed by atoms with Crippen molar-refractivity contribution < 1.29 is 27.5 Å². The lowest BCUT2D eigenvalue weighted by atomic mass is 10.1. The molecule has 4 nitrogen and oxygen atoms in total. The van der Waals surface area contributed by atoms with E-state index in [4.69, 9.17) is 0 Å². The first-order chi connectivity index (χ1) is 9.79. The van der Waals surface area contributed by atoms with Gasteiger partial charge in [0.2, 0.25) is 0 Å². The number of methoxy groups -OCH3 is 1. The molecule has 0 fully saturated rings. The summed E-state index contributed by atoms with van der Waals surface area (Å²) in [7, 11) is 1.17. The molecule has 1 N–H and O–H groups in total. The molecule has 21 heavy (non-hydrogen) atoms. The average molecular weight is 301 g/mol. The summed E-state index contributed by atoms with van der Waals surface area (Å²) in [6.07, 6.45) is -2.89. The highest BCUT2D eigenvalue weighted by molar-refractivity contribution is 5.96. The topological polar surface area (TPSA) is 55.4 Å². The fraction of sp³-hybridized carbons (Fsp3) is 0.286. The van der Waals surface area contributed by atoms with Crippen LogP contribution in [0.15, 0.2) is 36.9 Å². The highest BCUT2D eigenvalue weighted by atomic mass is 19.4. The van der Waals surface area contributed by atoms with Crippen LogP contribution in [0.3, 0.4) is 0 Å². The Labute approximate surface area is 119 Å². The normalized spacial score (nSPS) is 12.4. The minimum Gasteiger partial charge on any atom is -0.467 e. The molecule has 0 aromatic heterocycles. The standard InChI is InChI=1S/C14H14F3NO3/c1-3-4-11(13(20)21-2)18-12(19)9-5-7-10(8-6-9)14(15,16)17/h3,5-8,11H,1,4H2,2H3,(H,18,19)/t11-/m1/s1. The van der Waals surface area contributed by atoms with Gasteiger partial charge in [-0.15, -0.1) is 6.58 Å². The SMILES string of the molecule is C=CC[C@@H](NC(=O)c1ccc(C(F)(F)F)cc1)C(=O)OC. The van der Waals surface area contributed by atoms with Crippen molar-refractivity contribution in [2.24, 2.45) is 0 Å². The summed E-state index contributed by atoms with van der Waals surface area (Å²) in [5.41, 5.74) is -0.837. The Balaban J connectivity index is 2.83. The van der Waals surface area contributed by atoms with E-state index in [2.05, 4.69) is 16.6 Å². The largest absolute Gasteiger partial charge is 0.467 e. The van der Waals surface area contributed by atoms with Crippen LogP contribution < -0.4 is 5.32 Å². The maximum atomic E-state index is 12.4. The summed E-state index contributed by atoms with van der Waals surface area (Å²) < 4.78 is 41.7. The summed E-state index contributed by atoms with van der Waals surface area (Å²) in [6.45, 7) is 3.45. The average Bonchev–Trinajstić information content (AvgIpc) is 2.45. The van der Waals surface area contributed by atoms with Crippen molar-refractivity contribution in [3.63, 3.8) is 0 Å². The van der Waals surface area contributed by atoms with Gasteiger partial charge in [-0.2, -0.15) is 13.2 Å². The summed E-state index contributed by atoms with van der Waals surface area (Å²) >= 11 is 0. The van der Waals surface area contributed by atoms with E-state index in [0.717, 1.165) is 24.3 Å². The van der Waals surface area contributed by atoms with Crippen molar-refractivity contribution in [2.45, 2.75) is 18.6 Å². The molecule has 0 aliphatic heterocycles. The van der Waals surface area contributed by atoms with E-state index in [-0.39, 0.29) is 12.0 Å². The molecule has 0 spiro atoms. The second-order valence-electron chi connectivity index (χ2n) is 4.15. The van der Waals surface area contributed by atoms with Crippen LogP contribution in [0.4, 0.5) is 13.2 Å². The van der Waals surface area contributed by atoms with Gasteiger partial charge in [0.25, 0.3) is 5.91 Å². The summed E-state index contributed by atoms with van der Waals surface area (Å²) in [5, 5.41) is 2.38. The minimum atomic E-state index is -4.47. The lowest BCUT2D eigenvalue weighted by Crippen LogP contribution is -2.41. The van der Waals surface area contributed by atoms with Crippen LogP contribution in [-0.4, -0.2) is 25.0 Å². The van der Waals surface area contributed by atoms with Gasteiger partial charge in [-0.3, -0.25) is 4.79 Å². The third-order valence-corrected chi connectivity index (χ3v) is 2.67. The Morgan fingerprint density at radius 1 is 1.33 bits per heavy atom. The number of esters is 1. The van der Waals surface area contributed by atoms with Crippen molar-refractivity contribution in [3.05, 3.63) is 48.0 Å². The zero-order valence-corrected chi connectivity index (χ0v) is 11.2. The van der Waals surface area contributed by atoms with E-state index >= 15 is 0 Å². The molecule has 1 rings (SSSR count). The number of benzene rings is 1. The maximum absolute atomic E-state index is 12.4. The number of rotatable bonds is 5. The Hall–Kier alpha value is -2.31. The van der Waals surface area contributed by atoms with Crippen LogP contribution in [0.1, 0.15) is 22.3 Å². The van der Waals surface area contributed by atoms with Gasteiger partial charge in [0, 0.05) is 5.56 Å². The third-order valence-electron chi connectivity index (χ3n) is 2.67. The zero-order chi connectivity index (χ0) is 16.0. The molecule has 0 saturated carbocycles. The predicted molar refractivity (Wildman–Crippen MR) is 69.5 cm³/mol. The van der Waals surface area contributed by atoms with E-state index in [1.165, 1.54) is 13.2 Å². The first kappa shape index (κ1) is 16.7. The fourth-order valence-corrected chi connectivity index (χ4v) is 1.58. The van der Waals surface area contributed by atoms with Crippen molar-refractivity contribution in [1.82, 2.24) is 5.32 Å². The molecule has 1 atom stereocenters. The number of hydrogen-bond acceptors (Lipinski definition) is 3. The molecule has 0 heterocycles. The van der Waals surface area contributed by atoms with Gasteiger partial charge in [-0.05, 0) is 30.7 Å². The summed E-state index contributed by atoms with van der Waals surface area (Å²) in [4.78, 5) is 23.3. The van der Waals surface area contributed by atoms with Crippen molar-refractivity contribution in [3.8, 4) is 0 Å². The van der Waals surface area contributed by atoms with Crippen LogP contribution in [-0.2, 0) is 15.7 Å². The van der Waals surface area contributed by atoms with E-state index in [1.54, 1.807) is 0 Å². The highest BCUT2D eigenvalue weighted by Crippen LogP contribution is 2.29. The van der Waals surface area contributed by atoms with Crippen LogP contribution in [0.2, 0.25) is 0 Å². The molecule has 0 unspecified atom stereocenters. The monoisotopic (exact) mass is 301 g/mol. The fourth-order valence-electron chi connectivity index (χ4n) is 1.58. The molecule has 7 heteroatoms. The summed E-state index contributed by atoms with van der Waals surface area (Å²) in [5.74, 6) is -1.32. The van der Waals surface area contributed by atoms with Crippen LogP contribution in [0.25, 0.3) is 0 Å². The molecular weight excluding hydrogens is 287 g/mol. The Kier molecular flexibility index (Phi) is 5.52. The molecule has 1 aromatic carbocycles. The molecule has 0 saturated heterocycles. The summed E-state index contributed by atoms with van der Waals surface area (Å²) in [6, 6.07) is 2.76. The van der Waals surface area contributed by atoms with Gasteiger partial charge in [-0.25, -0.2) is 4.79 Å². The molecule has 0 aliphatic rings. The quantitative estimate of drug-likeness (QED) is 0.671. The lowest BCUT2D eigenvalue weighted by Gasteiger charge is -2.15. The predicted octanol–water partition coefficient (Wildman–Crippen LogP) is 2.55. The molecule has 1 aromatic rings. The van der Waals surface area contributed by atoms with Gasteiger partial charge in [0.1, 0.15) is 6.04 Å². The number of alkyl halides is 3. The van der Waals surface area contributed by atoms with Crippen molar-refractivity contribution in [1.29, 1.82) is 0 Å². The van der Waals surface area contributed by atoms with Crippen molar-refractivity contribution >= 4 is 11.9 Å². The molecule has 0 radical (unpaired) electrons. The first-order valence-electron chi connectivity index (χ1n) is 5.96. The van der Waals surface area contributed by atoms with Crippen LogP contribution in [0, 0.1) is 0 Å². The van der Waals surface area contributed by atoms with Crippen LogP contribution >= 0.6 is 0 Å². The molecule has 0 bridgehead atoms. The number of carbonyl (C=O) groups excluding carboxylic acids is 2. The second-order valence-corrected chi connectivity index (χ2v) is 4.15. The minimum absolute atomic E-state index is 0.0148. The number of halogens is 3. The zero-order valence-electron chi connectivity index (χ0n) is 11.2. The third kappa shape index (κ3) is 4.62. The van der Waals surface area contributed by atoms with Crippen LogP contribution in [0.5, 0.6) is 0 Å². The Morgan fingerprint density at radius 3 is 2.33 bits per heavy atom. The van der Waals surface area contributed by atoms with Gasteiger partial charge in [0.15, 0.2) is 0 Å². The van der Waals surface area contributed by atoms with Crippen molar-refractivity contribution in [2.75, 3.05) is 7.11 Å². The molecule has 1 amide bonds. The molecular formula is C14H14F3NO3. The number of ether oxygens (including phenoxy) is 1. The van der Waals surface area contributed by atoms with Gasteiger partial charge in [0.05, 0.1) is 12.7 Å². The van der Waals surface area contributed by atoms with Gasteiger partial charge in [-0.1, -0.05) is 6.08 Å². The lowest BCUT2D eigenvalue weighted by molar-refractivity contribution is -0.142. The number of nitrogens with one attached hydrogen (secondary N) is 1. The Bertz CT molecular complexity index is 523. The van der Waals surface area contributed by atoms with E-state index in [1.807, 2.05) is 0 Å². The number of carbonyl (C=O) groups is 2. The molecule has 0 aliphatic carbocycles. The number of hydrogen-bond donors (Lipinski definition) is 1. The highest BCUT2D eigenvalue weighted by Gasteiger charge is 2.30.